The lowest BCUT2D eigenvalue weighted by molar-refractivity contribution is 0.113. The van der Waals surface area contributed by atoms with Gasteiger partial charge >= 0.3 is 0 Å². The Morgan fingerprint density at radius 3 is 2.53 bits per heavy atom. The summed E-state index contributed by atoms with van der Waals surface area (Å²) in [4.78, 5) is 0. The minimum atomic E-state index is -0.732. The molecular formula is C15H19NO3. The Hall–Kier alpha value is -1.62. The molecule has 0 saturated heterocycles. The molecule has 1 aromatic carbocycles. The fourth-order valence-corrected chi connectivity index (χ4v) is 1.96. The second-order valence-electron chi connectivity index (χ2n) is 4.77. The zero-order valence-corrected chi connectivity index (χ0v) is 10.9. The van der Waals surface area contributed by atoms with E-state index in [2.05, 4.69) is 5.32 Å². The van der Waals surface area contributed by atoms with Crippen LogP contribution in [0.4, 0.5) is 0 Å². The predicted octanol–water partition coefficient (Wildman–Crippen LogP) is 1.81. The van der Waals surface area contributed by atoms with Crippen LogP contribution in [0.5, 0.6) is 0 Å². The Labute approximate surface area is 112 Å². The second-order valence-corrected chi connectivity index (χ2v) is 4.77. The Bertz CT molecular complexity index is 483. The predicted molar refractivity (Wildman–Crippen MR) is 72.6 cm³/mol. The summed E-state index contributed by atoms with van der Waals surface area (Å²) in [7, 11) is 0. The number of benzene rings is 1. The van der Waals surface area contributed by atoms with E-state index in [-0.39, 0.29) is 6.61 Å². The van der Waals surface area contributed by atoms with Crippen LogP contribution in [0.2, 0.25) is 0 Å². The number of furan rings is 1. The van der Waals surface area contributed by atoms with Crippen LogP contribution in [-0.4, -0.2) is 23.4 Å². The lowest BCUT2D eigenvalue weighted by Crippen LogP contribution is -2.44. The molecule has 2 aromatic rings. The van der Waals surface area contributed by atoms with E-state index in [0.717, 1.165) is 5.56 Å². The van der Waals surface area contributed by atoms with Gasteiger partial charge in [-0.15, -0.1) is 0 Å². The van der Waals surface area contributed by atoms with Gasteiger partial charge in [-0.1, -0.05) is 30.3 Å². The Balaban J connectivity index is 2.03. The first-order chi connectivity index (χ1) is 9.15. The number of rotatable bonds is 6. The Morgan fingerprint density at radius 2 is 1.95 bits per heavy atom. The van der Waals surface area contributed by atoms with Crippen molar-refractivity contribution >= 4 is 0 Å². The zero-order chi connectivity index (χ0) is 13.7. The molecule has 4 heteroatoms. The van der Waals surface area contributed by atoms with E-state index in [0.29, 0.717) is 12.3 Å². The number of hydrogen-bond donors (Lipinski definition) is 3. The summed E-state index contributed by atoms with van der Waals surface area (Å²) in [6.07, 6.45) is 0.797. The molecule has 2 rings (SSSR count). The average molecular weight is 261 g/mol. The summed E-state index contributed by atoms with van der Waals surface area (Å²) in [6.45, 7) is 2.15. The van der Waals surface area contributed by atoms with Crippen molar-refractivity contribution in [1.29, 1.82) is 0 Å². The summed E-state index contributed by atoms with van der Waals surface area (Å²) >= 11 is 0. The maximum Gasteiger partial charge on any atom is 0.133 e. The van der Waals surface area contributed by atoms with Crippen LogP contribution in [-0.2, 0) is 5.54 Å². The highest BCUT2D eigenvalue weighted by Crippen LogP contribution is 2.21. The van der Waals surface area contributed by atoms with Crippen LogP contribution in [0.3, 0.4) is 0 Å². The fourth-order valence-electron chi connectivity index (χ4n) is 1.96. The van der Waals surface area contributed by atoms with Crippen molar-refractivity contribution in [3.05, 3.63) is 60.1 Å². The van der Waals surface area contributed by atoms with Crippen molar-refractivity contribution in [2.45, 2.75) is 18.6 Å². The fraction of sp³-hybridized carbons (Fsp3) is 0.333. The third-order valence-corrected chi connectivity index (χ3v) is 3.28. The molecule has 0 aliphatic carbocycles. The third kappa shape index (κ3) is 3.23. The van der Waals surface area contributed by atoms with Gasteiger partial charge in [0, 0.05) is 6.54 Å². The van der Waals surface area contributed by atoms with Crippen LogP contribution in [0.15, 0.2) is 53.1 Å². The van der Waals surface area contributed by atoms with Crippen molar-refractivity contribution in [2.75, 3.05) is 13.2 Å². The van der Waals surface area contributed by atoms with E-state index < -0.39 is 11.6 Å². The van der Waals surface area contributed by atoms with Crippen molar-refractivity contribution in [2.24, 2.45) is 0 Å². The first kappa shape index (κ1) is 13.8. The number of nitrogens with one attached hydrogen (secondary N) is 1. The lowest BCUT2D eigenvalue weighted by Gasteiger charge is -2.30. The largest absolute Gasteiger partial charge is 0.467 e. The summed E-state index contributed by atoms with van der Waals surface area (Å²) < 4.78 is 5.15. The molecule has 1 aromatic heterocycles. The average Bonchev–Trinajstić information content (AvgIpc) is 2.99. The molecule has 0 bridgehead atoms. The summed E-state index contributed by atoms with van der Waals surface area (Å²) in [5.74, 6) is 0.515. The van der Waals surface area contributed by atoms with Crippen LogP contribution in [0.1, 0.15) is 24.4 Å². The Morgan fingerprint density at radius 1 is 1.21 bits per heavy atom. The number of hydrogen-bond acceptors (Lipinski definition) is 4. The molecule has 19 heavy (non-hydrogen) atoms. The molecule has 0 aliphatic heterocycles. The molecule has 0 amide bonds. The summed E-state index contributed by atoms with van der Waals surface area (Å²) in [6, 6.07) is 13.1. The molecule has 2 unspecified atom stereocenters. The SMILES string of the molecule is CC(CO)(NCC(O)c1ccco1)c1ccccc1. The molecule has 3 N–H and O–H groups in total. The summed E-state index contributed by atoms with van der Waals surface area (Å²) in [5, 5.41) is 22.8. The van der Waals surface area contributed by atoms with Gasteiger partial charge in [-0.25, -0.2) is 0 Å². The van der Waals surface area contributed by atoms with Gasteiger partial charge in [0.05, 0.1) is 18.4 Å². The molecule has 0 spiro atoms. The second kappa shape index (κ2) is 6.02. The van der Waals surface area contributed by atoms with Gasteiger partial charge in [0.2, 0.25) is 0 Å². The maximum atomic E-state index is 9.98. The highest BCUT2D eigenvalue weighted by molar-refractivity contribution is 5.23. The molecule has 0 saturated carbocycles. The molecule has 0 aliphatic rings. The topological polar surface area (TPSA) is 65.6 Å². The van der Waals surface area contributed by atoms with Crippen LogP contribution in [0, 0.1) is 0 Å². The van der Waals surface area contributed by atoms with Crippen molar-refractivity contribution in [1.82, 2.24) is 5.32 Å². The molecular weight excluding hydrogens is 242 g/mol. The number of aliphatic hydroxyl groups excluding tert-OH is 2. The highest BCUT2D eigenvalue weighted by atomic mass is 16.4. The normalized spacial score (nSPS) is 15.9. The minimum Gasteiger partial charge on any atom is -0.467 e. The molecule has 4 nitrogen and oxygen atoms in total. The number of aliphatic hydroxyl groups is 2. The monoisotopic (exact) mass is 261 g/mol. The quantitative estimate of drug-likeness (QED) is 0.742. The minimum absolute atomic E-state index is 0.0537. The molecule has 0 fully saturated rings. The van der Waals surface area contributed by atoms with E-state index in [9.17, 15) is 10.2 Å². The van der Waals surface area contributed by atoms with Gasteiger partial charge in [-0.05, 0) is 24.6 Å². The van der Waals surface area contributed by atoms with Gasteiger partial charge in [-0.2, -0.15) is 0 Å². The van der Waals surface area contributed by atoms with E-state index >= 15 is 0 Å². The first-order valence-corrected chi connectivity index (χ1v) is 6.28. The van der Waals surface area contributed by atoms with Crippen LogP contribution < -0.4 is 5.32 Å². The van der Waals surface area contributed by atoms with Gasteiger partial charge in [-0.3, -0.25) is 0 Å². The highest BCUT2D eigenvalue weighted by Gasteiger charge is 2.26. The smallest absolute Gasteiger partial charge is 0.133 e. The van der Waals surface area contributed by atoms with Crippen LogP contribution in [0.25, 0.3) is 0 Å². The Kier molecular flexibility index (Phi) is 4.37. The summed E-state index contributed by atoms with van der Waals surface area (Å²) in [5.41, 5.74) is 0.388. The van der Waals surface area contributed by atoms with E-state index in [1.54, 1.807) is 12.1 Å². The first-order valence-electron chi connectivity index (χ1n) is 6.28. The lowest BCUT2D eigenvalue weighted by atomic mass is 9.92. The molecule has 1 heterocycles. The van der Waals surface area contributed by atoms with Gasteiger partial charge in [0.1, 0.15) is 11.9 Å². The molecule has 2 atom stereocenters. The van der Waals surface area contributed by atoms with E-state index in [4.69, 9.17) is 4.42 Å². The van der Waals surface area contributed by atoms with Crippen molar-refractivity contribution < 1.29 is 14.6 Å². The maximum absolute atomic E-state index is 9.98. The van der Waals surface area contributed by atoms with Gasteiger partial charge in [0.15, 0.2) is 0 Å². The zero-order valence-electron chi connectivity index (χ0n) is 10.9. The third-order valence-electron chi connectivity index (χ3n) is 3.28. The standard InChI is InChI=1S/C15H19NO3/c1-15(11-17,12-6-3-2-4-7-12)16-10-13(18)14-8-5-9-19-14/h2-9,13,16-18H,10-11H2,1H3. The van der Waals surface area contributed by atoms with E-state index in [1.165, 1.54) is 6.26 Å². The molecule has 0 radical (unpaired) electrons. The van der Waals surface area contributed by atoms with E-state index in [1.807, 2.05) is 37.3 Å². The van der Waals surface area contributed by atoms with Crippen molar-refractivity contribution in [3.8, 4) is 0 Å². The van der Waals surface area contributed by atoms with Crippen molar-refractivity contribution in [3.63, 3.8) is 0 Å². The van der Waals surface area contributed by atoms with Gasteiger partial charge < -0.3 is 19.9 Å². The molecule has 102 valence electrons. The van der Waals surface area contributed by atoms with Crippen LogP contribution >= 0.6 is 0 Å². The van der Waals surface area contributed by atoms with Gasteiger partial charge in [0.25, 0.3) is 0 Å².